The highest BCUT2D eigenvalue weighted by Gasteiger charge is 2.41. The maximum absolute atomic E-state index is 12.2. The lowest BCUT2D eigenvalue weighted by Crippen LogP contribution is -2.34. The summed E-state index contributed by atoms with van der Waals surface area (Å²) in [6.07, 6.45) is 4.99. The minimum atomic E-state index is -0.0393. The SMILES string of the molecule is Cn1cccc1C(=O)NC[C@@H]1C[C@H]2CN(Cc3ccco3)C[C@@H]2O1. The normalized spacial score (nSPS) is 26.6. The van der Waals surface area contributed by atoms with Crippen LogP contribution in [0.2, 0.25) is 0 Å². The second kappa shape index (κ2) is 6.45. The summed E-state index contributed by atoms with van der Waals surface area (Å²) in [7, 11) is 1.87. The molecule has 2 fully saturated rings. The molecule has 0 unspecified atom stereocenters. The molecule has 2 saturated heterocycles. The second-order valence-electron chi connectivity index (χ2n) is 6.78. The lowest BCUT2D eigenvalue weighted by molar-refractivity contribution is 0.0366. The first-order valence-corrected chi connectivity index (χ1v) is 8.49. The van der Waals surface area contributed by atoms with Crippen LogP contribution in [0.3, 0.4) is 0 Å². The van der Waals surface area contributed by atoms with Gasteiger partial charge in [0.2, 0.25) is 0 Å². The first-order chi connectivity index (χ1) is 11.7. The van der Waals surface area contributed by atoms with Crippen molar-refractivity contribution in [2.24, 2.45) is 13.0 Å². The number of aromatic nitrogens is 1. The third-order valence-corrected chi connectivity index (χ3v) is 5.02. The molecule has 0 spiro atoms. The fourth-order valence-electron chi connectivity index (χ4n) is 3.83. The summed E-state index contributed by atoms with van der Waals surface area (Å²) in [5.74, 6) is 1.51. The van der Waals surface area contributed by atoms with Gasteiger partial charge in [0.1, 0.15) is 11.5 Å². The van der Waals surface area contributed by atoms with E-state index in [1.165, 1.54) is 0 Å². The van der Waals surface area contributed by atoms with Crippen LogP contribution in [-0.4, -0.2) is 47.2 Å². The van der Waals surface area contributed by atoms with Crippen LogP contribution < -0.4 is 5.32 Å². The predicted octanol–water partition coefficient (Wildman–Crippen LogP) is 1.64. The molecule has 4 heterocycles. The highest BCUT2D eigenvalue weighted by atomic mass is 16.5. The van der Waals surface area contributed by atoms with Crippen LogP contribution in [0, 0.1) is 5.92 Å². The number of hydrogen-bond donors (Lipinski definition) is 1. The van der Waals surface area contributed by atoms with Gasteiger partial charge in [-0.15, -0.1) is 0 Å². The molecule has 1 amide bonds. The minimum absolute atomic E-state index is 0.0393. The minimum Gasteiger partial charge on any atom is -0.468 e. The Morgan fingerprint density at radius 1 is 1.33 bits per heavy atom. The van der Waals surface area contributed by atoms with Gasteiger partial charge >= 0.3 is 0 Å². The fourth-order valence-corrected chi connectivity index (χ4v) is 3.83. The molecule has 2 aliphatic heterocycles. The van der Waals surface area contributed by atoms with Crippen molar-refractivity contribution in [2.45, 2.75) is 25.2 Å². The van der Waals surface area contributed by atoms with E-state index >= 15 is 0 Å². The quantitative estimate of drug-likeness (QED) is 0.906. The van der Waals surface area contributed by atoms with E-state index < -0.39 is 0 Å². The Bertz CT molecular complexity index is 680. The van der Waals surface area contributed by atoms with Gasteiger partial charge in [-0.1, -0.05) is 0 Å². The van der Waals surface area contributed by atoms with Crippen molar-refractivity contribution < 1.29 is 13.9 Å². The van der Waals surface area contributed by atoms with Crippen molar-refractivity contribution >= 4 is 5.91 Å². The average Bonchev–Trinajstić information content (AvgIpc) is 3.29. The number of amides is 1. The maximum atomic E-state index is 12.2. The number of ether oxygens (including phenoxy) is 1. The van der Waals surface area contributed by atoms with E-state index in [1.54, 1.807) is 6.26 Å². The van der Waals surface area contributed by atoms with Gasteiger partial charge in [0, 0.05) is 38.8 Å². The standard InChI is InChI=1S/C18H23N3O3/c1-20-6-2-5-16(20)18(22)19-9-15-8-13-10-21(12-17(13)24-15)11-14-4-3-7-23-14/h2-7,13,15,17H,8-12H2,1H3,(H,19,22)/t13-,15-,17-/m0/s1. The van der Waals surface area contributed by atoms with Crippen molar-refractivity contribution in [3.05, 3.63) is 48.2 Å². The van der Waals surface area contributed by atoms with Crippen LogP contribution >= 0.6 is 0 Å². The lowest BCUT2D eigenvalue weighted by atomic mass is 10.0. The van der Waals surface area contributed by atoms with Gasteiger partial charge in [-0.05, 0) is 30.7 Å². The number of fused-ring (bicyclic) bond motifs is 1. The third-order valence-electron chi connectivity index (χ3n) is 5.02. The zero-order chi connectivity index (χ0) is 16.5. The smallest absolute Gasteiger partial charge is 0.267 e. The number of likely N-dealkylation sites (tertiary alicyclic amines) is 1. The Kier molecular flexibility index (Phi) is 4.16. The van der Waals surface area contributed by atoms with E-state index in [1.807, 2.05) is 42.1 Å². The fraction of sp³-hybridized carbons (Fsp3) is 0.500. The Balaban J connectivity index is 1.24. The molecule has 0 saturated carbocycles. The van der Waals surface area contributed by atoms with Crippen molar-refractivity contribution in [1.82, 2.24) is 14.8 Å². The van der Waals surface area contributed by atoms with E-state index in [9.17, 15) is 4.79 Å². The first kappa shape index (κ1) is 15.5. The van der Waals surface area contributed by atoms with Crippen molar-refractivity contribution in [3.63, 3.8) is 0 Å². The summed E-state index contributed by atoms with van der Waals surface area (Å²) in [6.45, 7) is 3.40. The highest BCUT2D eigenvalue weighted by molar-refractivity contribution is 5.92. The van der Waals surface area contributed by atoms with E-state index in [0.29, 0.717) is 18.2 Å². The Morgan fingerprint density at radius 2 is 2.25 bits per heavy atom. The molecule has 4 rings (SSSR count). The third kappa shape index (κ3) is 3.12. The molecule has 2 aromatic rings. The van der Waals surface area contributed by atoms with E-state index in [2.05, 4.69) is 10.2 Å². The number of furan rings is 1. The number of aryl methyl sites for hydroxylation is 1. The van der Waals surface area contributed by atoms with E-state index in [-0.39, 0.29) is 18.1 Å². The Morgan fingerprint density at radius 3 is 2.96 bits per heavy atom. The zero-order valence-electron chi connectivity index (χ0n) is 13.9. The molecule has 128 valence electrons. The number of nitrogens with zero attached hydrogens (tertiary/aromatic N) is 2. The Hall–Kier alpha value is -2.05. The average molecular weight is 329 g/mol. The van der Waals surface area contributed by atoms with Gasteiger partial charge in [0.25, 0.3) is 5.91 Å². The molecular formula is C18H23N3O3. The highest BCUT2D eigenvalue weighted by Crippen LogP contribution is 2.33. The zero-order valence-corrected chi connectivity index (χ0v) is 13.9. The summed E-state index contributed by atoms with van der Waals surface area (Å²) in [5.41, 5.74) is 0.679. The van der Waals surface area contributed by atoms with Crippen molar-refractivity contribution in [2.75, 3.05) is 19.6 Å². The number of carbonyl (C=O) groups is 1. The number of nitrogens with one attached hydrogen (secondary N) is 1. The second-order valence-corrected chi connectivity index (χ2v) is 6.78. The summed E-state index contributed by atoms with van der Waals surface area (Å²) in [6, 6.07) is 7.64. The van der Waals surface area contributed by atoms with Crippen LogP contribution in [0.4, 0.5) is 0 Å². The van der Waals surface area contributed by atoms with Crippen LogP contribution in [-0.2, 0) is 18.3 Å². The van der Waals surface area contributed by atoms with Gasteiger partial charge in [-0.2, -0.15) is 0 Å². The lowest BCUT2D eigenvalue weighted by Gasteiger charge is -2.18. The Labute approximate surface area is 141 Å². The van der Waals surface area contributed by atoms with Gasteiger partial charge in [-0.3, -0.25) is 9.69 Å². The molecule has 0 bridgehead atoms. The van der Waals surface area contributed by atoms with Crippen LogP contribution in [0.25, 0.3) is 0 Å². The molecule has 6 heteroatoms. The van der Waals surface area contributed by atoms with E-state index in [0.717, 1.165) is 31.8 Å². The molecule has 3 atom stereocenters. The molecule has 6 nitrogen and oxygen atoms in total. The molecular weight excluding hydrogens is 306 g/mol. The molecule has 2 aliphatic rings. The summed E-state index contributed by atoms with van der Waals surface area (Å²) in [4.78, 5) is 14.5. The molecule has 2 aromatic heterocycles. The molecule has 1 N–H and O–H groups in total. The van der Waals surface area contributed by atoms with Crippen molar-refractivity contribution in [1.29, 1.82) is 0 Å². The number of carbonyl (C=O) groups excluding carboxylic acids is 1. The van der Waals surface area contributed by atoms with Crippen LogP contribution in [0.15, 0.2) is 41.1 Å². The van der Waals surface area contributed by atoms with Crippen molar-refractivity contribution in [3.8, 4) is 0 Å². The van der Waals surface area contributed by atoms with Crippen LogP contribution in [0.1, 0.15) is 22.7 Å². The number of hydrogen-bond acceptors (Lipinski definition) is 4. The topological polar surface area (TPSA) is 59.6 Å². The predicted molar refractivity (Wildman–Crippen MR) is 88.5 cm³/mol. The maximum Gasteiger partial charge on any atom is 0.267 e. The summed E-state index contributed by atoms with van der Waals surface area (Å²) < 4.78 is 13.4. The van der Waals surface area contributed by atoms with Gasteiger partial charge in [0.15, 0.2) is 0 Å². The summed E-state index contributed by atoms with van der Waals surface area (Å²) in [5, 5.41) is 2.99. The molecule has 0 radical (unpaired) electrons. The first-order valence-electron chi connectivity index (χ1n) is 8.49. The molecule has 0 aliphatic carbocycles. The van der Waals surface area contributed by atoms with Gasteiger partial charge < -0.3 is 19.0 Å². The molecule has 0 aromatic carbocycles. The van der Waals surface area contributed by atoms with Crippen LogP contribution in [0.5, 0.6) is 0 Å². The summed E-state index contributed by atoms with van der Waals surface area (Å²) >= 11 is 0. The molecule has 24 heavy (non-hydrogen) atoms. The van der Waals surface area contributed by atoms with E-state index in [4.69, 9.17) is 9.15 Å². The van der Waals surface area contributed by atoms with Gasteiger partial charge in [-0.25, -0.2) is 0 Å². The monoisotopic (exact) mass is 329 g/mol. The number of rotatable bonds is 5. The van der Waals surface area contributed by atoms with Gasteiger partial charge in [0.05, 0.1) is 25.0 Å². The largest absolute Gasteiger partial charge is 0.468 e.